The largest absolute Gasteiger partial charge is 0.386 e. The predicted octanol–water partition coefficient (Wildman–Crippen LogP) is -0.627. The highest BCUT2D eigenvalue weighted by Gasteiger charge is 2.12. The molecule has 0 aliphatic carbocycles. The average Bonchev–Trinajstić information content (AvgIpc) is 2.52. The minimum Gasteiger partial charge on any atom is -0.386 e. The van der Waals surface area contributed by atoms with E-state index in [4.69, 9.17) is 5.73 Å². The van der Waals surface area contributed by atoms with Crippen LogP contribution in [-0.2, 0) is 16.1 Å². The number of aromatic nitrogens is 1. The molecule has 0 saturated heterocycles. The molecule has 1 aromatic heterocycles. The van der Waals surface area contributed by atoms with Gasteiger partial charge >= 0.3 is 0 Å². The Balaban J connectivity index is 2.52. The molecule has 0 radical (unpaired) electrons. The van der Waals surface area contributed by atoms with Crippen molar-refractivity contribution in [3.05, 3.63) is 41.1 Å². The zero-order valence-corrected chi connectivity index (χ0v) is 13.2. The van der Waals surface area contributed by atoms with Gasteiger partial charge in [-0.05, 0) is 25.0 Å². The number of hydrogen-bond donors (Lipinski definition) is 4. The van der Waals surface area contributed by atoms with Crippen molar-refractivity contribution < 1.29 is 9.59 Å². The number of amides is 1. The molecule has 23 heavy (non-hydrogen) atoms. The normalized spacial score (nSPS) is 11.3. The maximum absolute atomic E-state index is 12.0. The van der Waals surface area contributed by atoms with E-state index >= 15 is 0 Å². The van der Waals surface area contributed by atoms with Gasteiger partial charge < -0.3 is 31.0 Å². The van der Waals surface area contributed by atoms with Crippen LogP contribution in [0.1, 0.15) is 12.8 Å². The minimum atomic E-state index is -0.599. The molecule has 126 valence electrons. The lowest BCUT2D eigenvalue weighted by Gasteiger charge is -2.14. The summed E-state index contributed by atoms with van der Waals surface area (Å²) in [4.78, 5) is 35.0. The molecular weight excluding hydrogens is 298 g/mol. The highest BCUT2D eigenvalue weighted by molar-refractivity contribution is 5.79. The van der Waals surface area contributed by atoms with E-state index in [1.54, 1.807) is 19.2 Å². The van der Waals surface area contributed by atoms with Crippen molar-refractivity contribution in [2.24, 2.45) is 5.73 Å². The molecule has 1 aromatic rings. The number of nitrogens with two attached hydrogens (primary N) is 1. The fourth-order valence-corrected chi connectivity index (χ4v) is 2.00. The van der Waals surface area contributed by atoms with Gasteiger partial charge in [-0.3, -0.25) is 9.59 Å². The molecule has 1 atom stereocenters. The summed E-state index contributed by atoms with van der Waals surface area (Å²) in [6.07, 6.45) is 3.33. The van der Waals surface area contributed by atoms with E-state index in [1.165, 1.54) is 10.8 Å². The van der Waals surface area contributed by atoms with Crippen molar-refractivity contribution in [3.8, 4) is 0 Å². The second-order valence-corrected chi connectivity index (χ2v) is 5.01. The van der Waals surface area contributed by atoms with E-state index in [0.717, 1.165) is 0 Å². The molecule has 1 rings (SSSR count). The molecule has 8 nitrogen and oxygen atoms in total. The van der Waals surface area contributed by atoms with Crippen LogP contribution in [0, 0.1) is 0 Å². The Labute approximate surface area is 134 Å². The van der Waals surface area contributed by atoms with Gasteiger partial charge in [-0.2, -0.15) is 0 Å². The van der Waals surface area contributed by atoms with Crippen LogP contribution in [0.25, 0.3) is 0 Å². The van der Waals surface area contributed by atoms with Crippen LogP contribution in [0.4, 0.5) is 5.69 Å². The van der Waals surface area contributed by atoms with E-state index in [0.29, 0.717) is 37.2 Å². The Hall–Kier alpha value is -2.77. The van der Waals surface area contributed by atoms with Crippen molar-refractivity contribution >= 4 is 17.9 Å². The summed E-state index contributed by atoms with van der Waals surface area (Å²) >= 11 is 0. The summed E-state index contributed by atoms with van der Waals surface area (Å²) in [6, 6.07) is 2.70. The molecule has 0 fully saturated rings. The monoisotopic (exact) mass is 321 g/mol. The summed E-state index contributed by atoms with van der Waals surface area (Å²) in [6.45, 7) is 3.93. The molecule has 1 unspecified atom stereocenters. The summed E-state index contributed by atoms with van der Waals surface area (Å²) < 4.78 is 1.28. The van der Waals surface area contributed by atoms with Gasteiger partial charge in [-0.1, -0.05) is 6.58 Å². The number of hydrogen-bond acceptors (Lipinski definition) is 6. The molecule has 1 amide bonds. The second kappa shape index (κ2) is 9.29. The van der Waals surface area contributed by atoms with E-state index in [2.05, 4.69) is 22.5 Å². The molecular formula is C15H23N5O3. The van der Waals surface area contributed by atoms with Gasteiger partial charge in [0.25, 0.3) is 5.56 Å². The highest BCUT2D eigenvalue weighted by atomic mass is 16.2. The van der Waals surface area contributed by atoms with Gasteiger partial charge in [-0.15, -0.1) is 0 Å². The first-order valence-corrected chi connectivity index (χ1v) is 7.28. The van der Waals surface area contributed by atoms with Crippen molar-refractivity contribution in [2.75, 3.05) is 18.9 Å². The summed E-state index contributed by atoms with van der Waals surface area (Å²) in [5, 5.41) is 8.20. The van der Waals surface area contributed by atoms with Gasteiger partial charge in [0.2, 0.25) is 5.91 Å². The van der Waals surface area contributed by atoms with E-state index < -0.39 is 11.9 Å². The van der Waals surface area contributed by atoms with Crippen LogP contribution in [0.3, 0.4) is 0 Å². The SMILES string of the molecule is C=C(N)NCCCC(C=O)NC(=O)Cn1cccc(NC)c1=O. The maximum atomic E-state index is 12.0. The summed E-state index contributed by atoms with van der Waals surface area (Å²) in [5.41, 5.74) is 5.47. The van der Waals surface area contributed by atoms with Crippen LogP contribution in [0.15, 0.2) is 35.5 Å². The molecule has 1 heterocycles. The minimum absolute atomic E-state index is 0.142. The summed E-state index contributed by atoms with van der Waals surface area (Å²) in [7, 11) is 1.63. The smallest absolute Gasteiger partial charge is 0.274 e. The molecule has 0 aliphatic heterocycles. The van der Waals surface area contributed by atoms with Crippen LogP contribution in [0.5, 0.6) is 0 Å². The number of aldehydes is 1. The number of rotatable bonds is 10. The van der Waals surface area contributed by atoms with Gasteiger partial charge in [0.1, 0.15) is 18.5 Å². The number of carbonyl (C=O) groups is 2. The van der Waals surface area contributed by atoms with Gasteiger partial charge in [0, 0.05) is 19.8 Å². The fourth-order valence-electron chi connectivity index (χ4n) is 2.00. The Morgan fingerprint density at radius 1 is 1.52 bits per heavy atom. The van der Waals surface area contributed by atoms with Gasteiger partial charge in [0.15, 0.2) is 0 Å². The van der Waals surface area contributed by atoms with E-state index in [9.17, 15) is 14.4 Å². The second-order valence-electron chi connectivity index (χ2n) is 5.01. The van der Waals surface area contributed by atoms with Crippen molar-refractivity contribution in [3.63, 3.8) is 0 Å². The number of anilines is 1. The van der Waals surface area contributed by atoms with Crippen LogP contribution in [0.2, 0.25) is 0 Å². The van der Waals surface area contributed by atoms with Gasteiger partial charge in [0.05, 0.1) is 11.9 Å². The Morgan fingerprint density at radius 2 is 2.26 bits per heavy atom. The number of nitrogens with one attached hydrogen (secondary N) is 3. The third kappa shape index (κ3) is 6.25. The molecule has 0 aromatic carbocycles. The molecule has 5 N–H and O–H groups in total. The molecule has 8 heteroatoms. The standard InChI is InChI=1S/C15H23N5O3/c1-11(16)18-7-3-5-12(10-21)19-14(22)9-20-8-4-6-13(17-2)15(20)23/h4,6,8,10,12,17-18H,1,3,5,7,9,16H2,2H3,(H,19,22). The molecule has 0 spiro atoms. The van der Waals surface area contributed by atoms with Crippen LogP contribution in [-0.4, -0.2) is 36.4 Å². The Kier molecular flexibility index (Phi) is 7.38. The average molecular weight is 321 g/mol. The lowest BCUT2D eigenvalue weighted by atomic mass is 10.1. The first kappa shape index (κ1) is 18.3. The molecule has 0 saturated carbocycles. The van der Waals surface area contributed by atoms with Gasteiger partial charge in [-0.25, -0.2) is 0 Å². The Morgan fingerprint density at radius 3 is 2.87 bits per heavy atom. The maximum Gasteiger partial charge on any atom is 0.274 e. The number of carbonyl (C=O) groups excluding carboxylic acids is 2. The number of pyridine rings is 1. The van der Waals surface area contributed by atoms with Crippen LogP contribution >= 0.6 is 0 Å². The third-order valence-corrected chi connectivity index (χ3v) is 3.16. The molecule has 0 bridgehead atoms. The topological polar surface area (TPSA) is 118 Å². The first-order chi connectivity index (χ1) is 11.0. The predicted molar refractivity (Wildman–Crippen MR) is 88.8 cm³/mol. The van der Waals surface area contributed by atoms with Crippen molar-refractivity contribution in [1.29, 1.82) is 0 Å². The van der Waals surface area contributed by atoms with E-state index in [-0.39, 0.29) is 12.1 Å². The van der Waals surface area contributed by atoms with Crippen molar-refractivity contribution in [1.82, 2.24) is 15.2 Å². The third-order valence-electron chi connectivity index (χ3n) is 3.16. The molecule has 0 aliphatic rings. The fraction of sp³-hybridized carbons (Fsp3) is 0.400. The first-order valence-electron chi connectivity index (χ1n) is 7.28. The van der Waals surface area contributed by atoms with E-state index in [1.807, 2.05) is 0 Å². The van der Waals surface area contributed by atoms with Crippen LogP contribution < -0.4 is 27.2 Å². The lowest BCUT2D eigenvalue weighted by Crippen LogP contribution is -2.40. The highest BCUT2D eigenvalue weighted by Crippen LogP contribution is 1.98. The number of nitrogens with zero attached hydrogens (tertiary/aromatic N) is 1. The quantitative estimate of drug-likeness (QED) is 0.337. The lowest BCUT2D eigenvalue weighted by molar-refractivity contribution is -0.124. The van der Waals surface area contributed by atoms with Crippen molar-refractivity contribution in [2.45, 2.75) is 25.4 Å². The zero-order valence-electron chi connectivity index (χ0n) is 13.2. The zero-order chi connectivity index (χ0) is 17.2. The Bertz CT molecular complexity index is 611. The summed E-state index contributed by atoms with van der Waals surface area (Å²) in [5.74, 6) is -0.0332.